The number of benzene rings is 1. The first-order valence-corrected chi connectivity index (χ1v) is 6.12. The van der Waals surface area contributed by atoms with Crippen LogP contribution in [0.2, 0.25) is 0 Å². The maximum Gasteiger partial charge on any atom is 0.257 e. The molecule has 0 aromatic heterocycles. The van der Waals surface area contributed by atoms with Gasteiger partial charge in [-0.25, -0.2) is 8.78 Å². The van der Waals surface area contributed by atoms with Gasteiger partial charge in [-0.2, -0.15) is 0 Å². The van der Waals surface area contributed by atoms with Crippen LogP contribution in [0, 0.1) is 11.6 Å². The molecule has 1 unspecified atom stereocenters. The third-order valence-corrected chi connectivity index (χ3v) is 2.88. The largest absolute Gasteiger partial charge is 0.409 e. The van der Waals surface area contributed by atoms with E-state index in [4.69, 9.17) is 10.9 Å². The molecule has 0 aliphatic heterocycles. The Labute approximate surface area is 116 Å². The summed E-state index contributed by atoms with van der Waals surface area (Å²) in [7, 11) is 0. The van der Waals surface area contributed by atoms with E-state index in [9.17, 15) is 13.6 Å². The Kier molecular flexibility index (Phi) is 5.22. The van der Waals surface area contributed by atoms with E-state index in [2.05, 4.69) is 26.4 Å². The van der Waals surface area contributed by atoms with Crippen molar-refractivity contribution in [1.82, 2.24) is 5.32 Å². The predicted molar refractivity (Wildman–Crippen MR) is 69.0 cm³/mol. The molecule has 0 heterocycles. The molecule has 1 rings (SSSR count). The van der Waals surface area contributed by atoms with Gasteiger partial charge < -0.3 is 16.3 Å². The minimum absolute atomic E-state index is 0.183. The molecule has 0 spiro atoms. The number of carbonyl (C=O) groups excluding carboxylic acids is 1. The molecule has 1 aromatic rings. The van der Waals surface area contributed by atoms with Crippen LogP contribution in [-0.4, -0.2) is 23.0 Å². The summed E-state index contributed by atoms with van der Waals surface area (Å²) in [5.41, 5.74) is 4.63. The molecule has 8 heteroatoms. The zero-order chi connectivity index (χ0) is 14.6. The zero-order valence-electron chi connectivity index (χ0n) is 9.95. The highest BCUT2D eigenvalue weighted by molar-refractivity contribution is 9.10. The average Bonchev–Trinajstić information content (AvgIpc) is 2.33. The molecule has 104 valence electrons. The van der Waals surface area contributed by atoms with Crippen LogP contribution in [0.3, 0.4) is 0 Å². The zero-order valence-corrected chi connectivity index (χ0v) is 11.5. The third-order valence-electron chi connectivity index (χ3n) is 2.42. The van der Waals surface area contributed by atoms with Crippen LogP contribution >= 0.6 is 15.9 Å². The lowest BCUT2D eigenvalue weighted by Crippen LogP contribution is -2.44. The second-order valence-electron chi connectivity index (χ2n) is 3.70. The van der Waals surface area contributed by atoms with Crippen LogP contribution in [0.25, 0.3) is 0 Å². The van der Waals surface area contributed by atoms with E-state index in [1.54, 1.807) is 6.92 Å². The third kappa shape index (κ3) is 3.63. The van der Waals surface area contributed by atoms with Gasteiger partial charge in [0.25, 0.3) is 5.91 Å². The number of nitrogens with two attached hydrogens (primary N) is 1. The highest BCUT2D eigenvalue weighted by Crippen LogP contribution is 2.19. The van der Waals surface area contributed by atoms with Crippen LogP contribution in [0.4, 0.5) is 8.78 Å². The normalized spacial score (nSPS) is 13.2. The lowest BCUT2D eigenvalue weighted by molar-refractivity contribution is 0.0937. The van der Waals surface area contributed by atoms with Crippen LogP contribution < -0.4 is 11.1 Å². The number of halogens is 3. The Balaban J connectivity index is 3.02. The quantitative estimate of drug-likeness (QED) is 0.340. The van der Waals surface area contributed by atoms with Crippen LogP contribution in [0.1, 0.15) is 23.7 Å². The number of nitrogens with zero attached hydrogens (tertiary/aromatic N) is 1. The summed E-state index contributed by atoms with van der Waals surface area (Å²) < 4.78 is 27.3. The van der Waals surface area contributed by atoms with Crippen molar-refractivity contribution in [3.8, 4) is 0 Å². The van der Waals surface area contributed by atoms with Crippen molar-refractivity contribution in [3.63, 3.8) is 0 Å². The number of hydrogen-bond acceptors (Lipinski definition) is 3. The molecular formula is C11H12BrF2N3O2. The first-order valence-electron chi connectivity index (χ1n) is 5.33. The van der Waals surface area contributed by atoms with E-state index in [0.717, 1.165) is 12.1 Å². The summed E-state index contributed by atoms with van der Waals surface area (Å²) in [6, 6.07) is 1.14. The number of hydrogen-bond donors (Lipinski definition) is 3. The molecule has 0 saturated heterocycles. The van der Waals surface area contributed by atoms with Crippen molar-refractivity contribution in [2.24, 2.45) is 10.9 Å². The Bertz CT molecular complexity index is 500. The van der Waals surface area contributed by atoms with Crippen LogP contribution in [-0.2, 0) is 0 Å². The summed E-state index contributed by atoms with van der Waals surface area (Å²) in [4.78, 5) is 11.8. The summed E-state index contributed by atoms with van der Waals surface area (Å²) in [5, 5.41) is 13.6. The molecule has 0 aliphatic carbocycles. The Morgan fingerprint density at radius 3 is 2.47 bits per heavy atom. The number of rotatable bonds is 4. The fraction of sp³-hybridized carbons (Fsp3) is 0.273. The Morgan fingerprint density at radius 2 is 2.05 bits per heavy atom. The molecule has 1 atom stereocenters. The first kappa shape index (κ1) is 15.4. The molecule has 4 N–H and O–H groups in total. The molecule has 1 aromatic carbocycles. The average molecular weight is 336 g/mol. The Morgan fingerprint density at radius 1 is 1.53 bits per heavy atom. The van der Waals surface area contributed by atoms with Gasteiger partial charge >= 0.3 is 0 Å². The fourth-order valence-electron chi connectivity index (χ4n) is 1.44. The first-order chi connectivity index (χ1) is 8.90. The number of amides is 1. The fourth-order valence-corrected chi connectivity index (χ4v) is 1.85. The van der Waals surface area contributed by atoms with E-state index >= 15 is 0 Å². The lowest BCUT2D eigenvalue weighted by Gasteiger charge is -2.15. The summed E-state index contributed by atoms with van der Waals surface area (Å²) in [5.74, 6) is -3.22. The van der Waals surface area contributed by atoms with Crippen LogP contribution in [0.5, 0.6) is 0 Å². The van der Waals surface area contributed by atoms with E-state index in [1.807, 2.05) is 0 Å². The highest BCUT2D eigenvalue weighted by Gasteiger charge is 2.22. The molecule has 0 radical (unpaired) electrons. The van der Waals surface area contributed by atoms with Gasteiger partial charge in [0.1, 0.15) is 17.2 Å². The van der Waals surface area contributed by atoms with Gasteiger partial charge in [0.15, 0.2) is 5.84 Å². The predicted octanol–water partition coefficient (Wildman–Crippen LogP) is 1.98. The molecule has 0 saturated carbocycles. The second kappa shape index (κ2) is 6.46. The summed E-state index contributed by atoms with van der Waals surface area (Å²) in [6.07, 6.45) is 0.307. The van der Waals surface area contributed by atoms with Gasteiger partial charge in [0.2, 0.25) is 0 Å². The maximum atomic E-state index is 13.6. The van der Waals surface area contributed by atoms with Crippen molar-refractivity contribution >= 4 is 27.7 Å². The van der Waals surface area contributed by atoms with E-state index in [-0.39, 0.29) is 10.3 Å². The van der Waals surface area contributed by atoms with Gasteiger partial charge in [0.05, 0.1) is 6.04 Å². The van der Waals surface area contributed by atoms with Crippen molar-refractivity contribution in [3.05, 3.63) is 33.8 Å². The standard InChI is InChI=1S/C11H12BrF2N3O2/c1-2-8(10(15)17-19)16-11(18)9-6(13)3-5(12)4-7(9)14/h3-4,8,19H,2H2,1H3,(H2,15,17)(H,16,18). The summed E-state index contributed by atoms with van der Waals surface area (Å²) >= 11 is 2.91. The molecule has 0 fully saturated rings. The molecule has 5 nitrogen and oxygen atoms in total. The smallest absolute Gasteiger partial charge is 0.257 e. The van der Waals surface area contributed by atoms with Crippen molar-refractivity contribution in [2.75, 3.05) is 0 Å². The van der Waals surface area contributed by atoms with Gasteiger partial charge in [0, 0.05) is 4.47 Å². The van der Waals surface area contributed by atoms with Gasteiger partial charge in [-0.1, -0.05) is 28.0 Å². The highest BCUT2D eigenvalue weighted by atomic mass is 79.9. The van der Waals surface area contributed by atoms with Gasteiger partial charge in [-0.3, -0.25) is 4.79 Å². The van der Waals surface area contributed by atoms with Crippen molar-refractivity contribution in [1.29, 1.82) is 0 Å². The SMILES string of the molecule is CCC(NC(=O)c1c(F)cc(Br)cc1F)C(N)=NO. The number of nitrogens with one attached hydrogen (secondary N) is 1. The van der Waals surface area contributed by atoms with Crippen LogP contribution in [0.15, 0.2) is 21.8 Å². The number of amidine groups is 1. The molecular weight excluding hydrogens is 324 g/mol. The van der Waals surface area contributed by atoms with E-state index in [0.29, 0.717) is 6.42 Å². The minimum atomic E-state index is -1.00. The van der Waals surface area contributed by atoms with Gasteiger partial charge in [-0.05, 0) is 18.6 Å². The maximum absolute atomic E-state index is 13.6. The van der Waals surface area contributed by atoms with Crippen molar-refractivity contribution < 1.29 is 18.8 Å². The van der Waals surface area contributed by atoms with E-state index in [1.165, 1.54) is 0 Å². The molecule has 19 heavy (non-hydrogen) atoms. The van der Waals surface area contributed by atoms with E-state index < -0.39 is 29.1 Å². The summed E-state index contributed by atoms with van der Waals surface area (Å²) in [6.45, 7) is 1.66. The minimum Gasteiger partial charge on any atom is -0.409 e. The van der Waals surface area contributed by atoms with Crippen molar-refractivity contribution in [2.45, 2.75) is 19.4 Å². The second-order valence-corrected chi connectivity index (χ2v) is 4.62. The molecule has 1 amide bonds. The lowest BCUT2D eigenvalue weighted by atomic mass is 10.1. The Hall–Kier alpha value is -1.70. The topological polar surface area (TPSA) is 87.7 Å². The van der Waals surface area contributed by atoms with Gasteiger partial charge in [-0.15, -0.1) is 0 Å². The molecule has 0 bridgehead atoms. The number of oxime groups is 1. The monoisotopic (exact) mass is 335 g/mol. The molecule has 0 aliphatic rings. The number of carbonyl (C=O) groups is 1.